The summed E-state index contributed by atoms with van der Waals surface area (Å²) in [5.74, 6) is 7.06. The van der Waals surface area contributed by atoms with Crippen molar-refractivity contribution < 1.29 is 9.53 Å². The average molecular weight is 435 g/mol. The van der Waals surface area contributed by atoms with Crippen molar-refractivity contribution in [2.75, 3.05) is 12.4 Å². The summed E-state index contributed by atoms with van der Waals surface area (Å²) in [5, 5.41) is 14.5. The lowest BCUT2D eigenvalue weighted by Crippen LogP contribution is -2.19. The molecule has 3 aromatic carbocycles. The summed E-state index contributed by atoms with van der Waals surface area (Å²) in [7, 11) is 1.59. The molecule has 1 N–H and O–H groups in total. The lowest BCUT2D eigenvalue weighted by atomic mass is 10.1. The molecule has 0 bridgehead atoms. The molecule has 0 fully saturated rings. The molecule has 0 atom stereocenters. The Hall–Kier alpha value is -4.70. The van der Waals surface area contributed by atoms with E-state index in [1.165, 1.54) is 4.68 Å². The molecule has 1 amide bonds. The third kappa shape index (κ3) is 5.51. The molecule has 7 heteroatoms. The molecule has 0 spiro atoms. The van der Waals surface area contributed by atoms with E-state index in [0.29, 0.717) is 17.3 Å². The van der Waals surface area contributed by atoms with E-state index in [0.717, 1.165) is 16.7 Å². The van der Waals surface area contributed by atoms with E-state index in [2.05, 4.69) is 32.7 Å². The summed E-state index contributed by atoms with van der Waals surface area (Å²) in [5.41, 5.74) is 3.36. The topological polar surface area (TPSA) is 81.9 Å². The number of nitrogens with one attached hydrogen (secondary N) is 1. The van der Waals surface area contributed by atoms with Gasteiger partial charge in [0.25, 0.3) is 5.91 Å². The summed E-state index contributed by atoms with van der Waals surface area (Å²) in [4.78, 5) is 13.2. The smallest absolute Gasteiger partial charge is 0.274 e. The van der Waals surface area contributed by atoms with Gasteiger partial charge in [-0.2, -0.15) is 4.68 Å². The number of aromatic nitrogens is 4. The fourth-order valence-electron chi connectivity index (χ4n) is 3.10. The van der Waals surface area contributed by atoms with Crippen molar-refractivity contribution in [1.29, 1.82) is 0 Å². The van der Waals surface area contributed by atoms with Gasteiger partial charge in [0, 0.05) is 16.8 Å². The van der Waals surface area contributed by atoms with Crippen LogP contribution in [0.5, 0.6) is 5.75 Å². The van der Waals surface area contributed by atoms with E-state index in [4.69, 9.17) is 4.74 Å². The Morgan fingerprint density at radius 3 is 2.48 bits per heavy atom. The minimum Gasteiger partial charge on any atom is -0.497 e. The van der Waals surface area contributed by atoms with Crippen LogP contribution in [0, 0.1) is 18.8 Å². The normalized spacial score (nSPS) is 10.8. The van der Waals surface area contributed by atoms with Gasteiger partial charge in [-0.05, 0) is 71.5 Å². The SMILES string of the molecule is COc1cccc(/C=C(/C(=O)Nc2cccc(C#Cc3ccccc3)c2)n2nnnc2C)c1. The van der Waals surface area contributed by atoms with E-state index < -0.39 is 0 Å². The number of ether oxygens (including phenoxy) is 1. The van der Waals surface area contributed by atoms with Gasteiger partial charge in [0.2, 0.25) is 0 Å². The van der Waals surface area contributed by atoms with Crippen LogP contribution in [0.25, 0.3) is 11.8 Å². The van der Waals surface area contributed by atoms with E-state index >= 15 is 0 Å². The van der Waals surface area contributed by atoms with Crippen molar-refractivity contribution in [1.82, 2.24) is 20.2 Å². The molecule has 4 aromatic rings. The van der Waals surface area contributed by atoms with E-state index in [1.807, 2.05) is 72.8 Å². The highest BCUT2D eigenvalue weighted by atomic mass is 16.5. The average Bonchev–Trinajstić information content (AvgIpc) is 3.27. The van der Waals surface area contributed by atoms with Crippen LogP contribution in [0.2, 0.25) is 0 Å². The zero-order valence-electron chi connectivity index (χ0n) is 18.2. The molecule has 0 saturated carbocycles. The molecular weight excluding hydrogens is 414 g/mol. The second kappa shape index (κ2) is 10.1. The monoisotopic (exact) mass is 435 g/mol. The molecule has 0 aliphatic heterocycles. The minimum absolute atomic E-state index is 0.270. The summed E-state index contributed by atoms with van der Waals surface area (Å²) in [6, 6.07) is 24.5. The van der Waals surface area contributed by atoms with Gasteiger partial charge in [-0.15, -0.1) is 5.10 Å². The first kappa shape index (κ1) is 21.5. The first-order valence-electron chi connectivity index (χ1n) is 10.2. The number of hydrogen-bond acceptors (Lipinski definition) is 5. The van der Waals surface area contributed by atoms with E-state index in [-0.39, 0.29) is 11.6 Å². The number of methoxy groups -OCH3 is 1. The van der Waals surface area contributed by atoms with Crippen LogP contribution in [-0.4, -0.2) is 33.2 Å². The highest BCUT2D eigenvalue weighted by molar-refractivity contribution is 6.24. The van der Waals surface area contributed by atoms with Gasteiger partial charge in [0.15, 0.2) is 5.82 Å². The molecule has 1 heterocycles. The van der Waals surface area contributed by atoms with Crippen LogP contribution in [0.15, 0.2) is 78.9 Å². The predicted octanol–water partition coefficient (Wildman–Crippen LogP) is 4.03. The maximum Gasteiger partial charge on any atom is 0.274 e. The minimum atomic E-state index is -0.360. The van der Waals surface area contributed by atoms with Crippen molar-refractivity contribution in [3.8, 4) is 17.6 Å². The summed E-state index contributed by atoms with van der Waals surface area (Å²) >= 11 is 0. The van der Waals surface area contributed by atoms with Gasteiger partial charge in [0.1, 0.15) is 11.4 Å². The molecule has 33 heavy (non-hydrogen) atoms. The Labute approximate surface area is 191 Å². The van der Waals surface area contributed by atoms with Crippen molar-refractivity contribution >= 4 is 23.4 Å². The number of carbonyl (C=O) groups is 1. The van der Waals surface area contributed by atoms with Gasteiger partial charge in [-0.1, -0.05) is 48.2 Å². The zero-order valence-corrected chi connectivity index (χ0v) is 18.2. The van der Waals surface area contributed by atoms with Crippen LogP contribution in [0.3, 0.4) is 0 Å². The largest absolute Gasteiger partial charge is 0.497 e. The number of nitrogens with zero attached hydrogens (tertiary/aromatic N) is 4. The second-order valence-corrected chi connectivity index (χ2v) is 7.10. The van der Waals surface area contributed by atoms with E-state index in [1.54, 1.807) is 26.2 Å². The number of rotatable bonds is 5. The molecule has 4 rings (SSSR count). The van der Waals surface area contributed by atoms with Crippen molar-refractivity contribution in [2.45, 2.75) is 6.92 Å². The van der Waals surface area contributed by atoms with Crippen LogP contribution in [-0.2, 0) is 4.79 Å². The number of benzene rings is 3. The number of hydrogen-bond donors (Lipinski definition) is 1. The highest BCUT2D eigenvalue weighted by Crippen LogP contribution is 2.19. The number of amides is 1. The van der Waals surface area contributed by atoms with Gasteiger partial charge in [0.05, 0.1) is 7.11 Å². The Bertz CT molecular complexity index is 1360. The zero-order chi connectivity index (χ0) is 23.0. The molecule has 1 aromatic heterocycles. The van der Waals surface area contributed by atoms with Crippen LogP contribution < -0.4 is 10.1 Å². The highest BCUT2D eigenvalue weighted by Gasteiger charge is 2.17. The molecule has 0 aliphatic rings. The van der Waals surface area contributed by atoms with Crippen LogP contribution in [0.1, 0.15) is 22.5 Å². The Kier molecular flexibility index (Phi) is 6.57. The fraction of sp³-hybridized carbons (Fsp3) is 0.0769. The predicted molar refractivity (Wildman–Crippen MR) is 127 cm³/mol. The van der Waals surface area contributed by atoms with Crippen LogP contribution >= 0.6 is 0 Å². The first-order chi connectivity index (χ1) is 16.1. The Morgan fingerprint density at radius 2 is 1.73 bits per heavy atom. The lowest BCUT2D eigenvalue weighted by Gasteiger charge is -2.10. The van der Waals surface area contributed by atoms with Crippen LogP contribution in [0.4, 0.5) is 5.69 Å². The second-order valence-electron chi connectivity index (χ2n) is 7.10. The molecule has 7 nitrogen and oxygen atoms in total. The summed E-state index contributed by atoms with van der Waals surface area (Å²) < 4.78 is 6.68. The molecule has 0 aliphatic carbocycles. The molecule has 162 valence electrons. The Morgan fingerprint density at radius 1 is 0.970 bits per heavy atom. The van der Waals surface area contributed by atoms with Gasteiger partial charge in [-0.3, -0.25) is 4.79 Å². The lowest BCUT2D eigenvalue weighted by molar-refractivity contribution is -0.111. The van der Waals surface area contributed by atoms with Gasteiger partial charge >= 0.3 is 0 Å². The van der Waals surface area contributed by atoms with Crippen molar-refractivity contribution in [3.05, 3.63) is 101 Å². The number of aryl methyl sites for hydroxylation is 1. The standard InChI is InChI=1S/C26H21N5O2/c1-19-28-29-30-31(19)25(18-22-11-7-13-24(17-22)33-2)26(32)27-23-12-6-10-21(16-23)15-14-20-8-4-3-5-9-20/h3-13,16-18H,1-2H3,(H,27,32)/b25-18-. The quantitative estimate of drug-likeness (QED) is 0.378. The van der Waals surface area contributed by atoms with Gasteiger partial charge in [-0.25, -0.2) is 0 Å². The first-order valence-corrected chi connectivity index (χ1v) is 10.2. The Balaban J connectivity index is 1.62. The third-order valence-electron chi connectivity index (χ3n) is 4.73. The summed E-state index contributed by atoms with van der Waals surface area (Å²) in [6.45, 7) is 1.73. The molecular formula is C26H21N5O2. The summed E-state index contributed by atoms with van der Waals surface area (Å²) in [6.07, 6.45) is 1.71. The van der Waals surface area contributed by atoms with E-state index in [9.17, 15) is 4.79 Å². The van der Waals surface area contributed by atoms with Crippen molar-refractivity contribution in [2.24, 2.45) is 0 Å². The molecule has 0 saturated heterocycles. The molecule has 0 radical (unpaired) electrons. The number of carbonyl (C=O) groups excluding carboxylic acids is 1. The molecule has 0 unspecified atom stereocenters. The maximum atomic E-state index is 13.2. The third-order valence-corrected chi connectivity index (χ3v) is 4.73. The van der Waals surface area contributed by atoms with Crippen molar-refractivity contribution in [3.63, 3.8) is 0 Å². The number of tetrazole rings is 1. The number of anilines is 1. The maximum absolute atomic E-state index is 13.2. The van der Waals surface area contributed by atoms with Gasteiger partial charge < -0.3 is 10.1 Å². The fourth-order valence-corrected chi connectivity index (χ4v) is 3.10.